The van der Waals surface area contributed by atoms with Gasteiger partial charge in [-0.15, -0.1) is 0 Å². The van der Waals surface area contributed by atoms with Crippen LogP contribution in [0.15, 0.2) is 48.5 Å². The standard InChI is InChI=1S/C16H16N2O2/c1-16(10-11-16)15(19)18-13-8-5-9-14(17-13)20-12-6-3-2-4-7-12/h2-9H,10-11H2,1H3,(H,17,18,19). The van der Waals surface area contributed by atoms with Crippen LogP contribution >= 0.6 is 0 Å². The number of hydrogen-bond donors (Lipinski definition) is 1. The number of nitrogens with one attached hydrogen (secondary N) is 1. The average Bonchev–Trinajstić information content (AvgIpc) is 3.20. The highest BCUT2D eigenvalue weighted by atomic mass is 16.5. The van der Waals surface area contributed by atoms with Crippen LogP contribution in [-0.4, -0.2) is 10.9 Å². The van der Waals surface area contributed by atoms with Crippen molar-refractivity contribution in [2.75, 3.05) is 5.32 Å². The first-order valence-electron chi connectivity index (χ1n) is 6.67. The maximum absolute atomic E-state index is 12.0. The number of anilines is 1. The fourth-order valence-electron chi connectivity index (χ4n) is 1.83. The summed E-state index contributed by atoms with van der Waals surface area (Å²) in [5, 5.41) is 2.84. The zero-order chi connectivity index (χ0) is 14.0. The molecule has 2 aromatic rings. The van der Waals surface area contributed by atoms with Gasteiger partial charge in [0, 0.05) is 11.5 Å². The number of ether oxygens (including phenoxy) is 1. The van der Waals surface area contributed by atoms with Gasteiger partial charge in [-0.3, -0.25) is 4.79 Å². The fraction of sp³-hybridized carbons (Fsp3) is 0.250. The topological polar surface area (TPSA) is 51.2 Å². The Labute approximate surface area is 117 Å². The minimum absolute atomic E-state index is 0.0295. The lowest BCUT2D eigenvalue weighted by atomic mass is 10.1. The molecule has 0 saturated heterocycles. The molecule has 1 amide bonds. The highest BCUT2D eigenvalue weighted by Gasteiger charge is 2.44. The molecule has 4 heteroatoms. The van der Waals surface area contributed by atoms with Crippen LogP contribution in [-0.2, 0) is 4.79 Å². The Kier molecular flexibility index (Phi) is 3.14. The summed E-state index contributed by atoms with van der Waals surface area (Å²) in [6.07, 6.45) is 1.89. The van der Waals surface area contributed by atoms with E-state index in [1.807, 2.05) is 43.3 Å². The van der Waals surface area contributed by atoms with Gasteiger partial charge in [0.25, 0.3) is 0 Å². The zero-order valence-corrected chi connectivity index (χ0v) is 11.3. The number of aromatic nitrogens is 1. The molecule has 0 radical (unpaired) electrons. The molecular weight excluding hydrogens is 252 g/mol. The van der Waals surface area contributed by atoms with E-state index >= 15 is 0 Å². The SMILES string of the molecule is CC1(C(=O)Nc2cccc(Oc3ccccc3)n2)CC1. The maximum Gasteiger partial charge on any atom is 0.231 e. The van der Waals surface area contributed by atoms with Gasteiger partial charge in [-0.1, -0.05) is 31.2 Å². The second kappa shape index (κ2) is 4.96. The second-order valence-corrected chi connectivity index (χ2v) is 5.29. The quantitative estimate of drug-likeness (QED) is 0.921. The van der Waals surface area contributed by atoms with Gasteiger partial charge in [0.2, 0.25) is 11.8 Å². The number of carbonyl (C=O) groups excluding carboxylic acids is 1. The summed E-state index contributed by atoms with van der Waals surface area (Å²) in [7, 11) is 0. The summed E-state index contributed by atoms with van der Waals surface area (Å²) in [5.41, 5.74) is -0.210. The van der Waals surface area contributed by atoms with E-state index in [2.05, 4.69) is 10.3 Å². The molecule has 1 heterocycles. The Hall–Kier alpha value is -2.36. The zero-order valence-electron chi connectivity index (χ0n) is 11.3. The molecular formula is C16H16N2O2. The first-order valence-corrected chi connectivity index (χ1v) is 6.67. The van der Waals surface area contributed by atoms with Crippen molar-refractivity contribution in [2.45, 2.75) is 19.8 Å². The lowest BCUT2D eigenvalue weighted by Crippen LogP contribution is -2.21. The number of benzene rings is 1. The highest BCUT2D eigenvalue weighted by Crippen LogP contribution is 2.45. The van der Waals surface area contributed by atoms with Gasteiger partial charge in [0.05, 0.1) is 0 Å². The van der Waals surface area contributed by atoms with Crippen molar-refractivity contribution in [3.8, 4) is 11.6 Å². The molecule has 0 unspecified atom stereocenters. The van der Waals surface area contributed by atoms with Crippen LogP contribution < -0.4 is 10.1 Å². The van der Waals surface area contributed by atoms with Crippen molar-refractivity contribution in [1.29, 1.82) is 0 Å². The molecule has 0 atom stereocenters. The molecule has 0 aliphatic heterocycles. The first-order chi connectivity index (χ1) is 9.66. The van der Waals surface area contributed by atoms with Gasteiger partial charge in [0.15, 0.2) is 0 Å². The Morgan fingerprint density at radius 1 is 1.15 bits per heavy atom. The Bertz CT molecular complexity index is 621. The van der Waals surface area contributed by atoms with Gasteiger partial charge >= 0.3 is 0 Å². The molecule has 1 aromatic heterocycles. The smallest absolute Gasteiger partial charge is 0.231 e. The largest absolute Gasteiger partial charge is 0.439 e. The molecule has 4 nitrogen and oxygen atoms in total. The molecule has 102 valence electrons. The van der Waals surface area contributed by atoms with Crippen LogP contribution in [0.25, 0.3) is 0 Å². The second-order valence-electron chi connectivity index (χ2n) is 5.29. The third kappa shape index (κ3) is 2.79. The number of amides is 1. The number of pyridine rings is 1. The van der Waals surface area contributed by atoms with Crippen LogP contribution in [0.5, 0.6) is 11.6 Å². The molecule has 1 aliphatic rings. The van der Waals surface area contributed by atoms with Gasteiger partial charge in [-0.2, -0.15) is 4.98 Å². The predicted octanol–water partition coefficient (Wildman–Crippen LogP) is 3.61. The minimum Gasteiger partial charge on any atom is -0.439 e. The number of hydrogen-bond acceptors (Lipinski definition) is 3. The molecule has 20 heavy (non-hydrogen) atoms. The fourth-order valence-corrected chi connectivity index (χ4v) is 1.83. The number of para-hydroxylation sites is 1. The molecule has 1 fully saturated rings. The number of carbonyl (C=O) groups is 1. The molecule has 1 aromatic carbocycles. The van der Waals surface area contributed by atoms with Gasteiger partial charge in [-0.05, 0) is 31.0 Å². The molecule has 1 aliphatic carbocycles. The van der Waals surface area contributed by atoms with Crippen LogP contribution in [0.4, 0.5) is 5.82 Å². The lowest BCUT2D eigenvalue weighted by molar-refractivity contribution is -0.120. The maximum atomic E-state index is 12.0. The normalized spacial score (nSPS) is 15.4. The third-order valence-electron chi connectivity index (χ3n) is 3.48. The number of rotatable bonds is 4. The van der Waals surface area contributed by atoms with Gasteiger partial charge < -0.3 is 10.1 Å². The van der Waals surface area contributed by atoms with Crippen LogP contribution in [0.3, 0.4) is 0 Å². The van der Waals surface area contributed by atoms with Crippen molar-refractivity contribution in [1.82, 2.24) is 4.98 Å². The summed E-state index contributed by atoms with van der Waals surface area (Å²) >= 11 is 0. The summed E-state index contributed by atoms with van der Waals surface area (Å²) in [6, 6.07) is 14.8. The number of nitrogens with zero attached hydrogens (tertiary/aromatic N) is 1. The Morgan fingerprint density at radius 3 is 2.60 bits per heavy atom. The average molecular weight is 268 g/mol. The van der Waals surface area contributed by atoms with Crippen LogP contribution in [0.2, 0.25) is 0 Å². The van der Waals surface area contributed by atoms with E-state index < -0.39 is 0 Å². The summed E-state index contributed by atoms with van der Waals surface area (Å²) in [5.74, 6) is 1.74. The highest BCUT2D eigenvalue weighted by molar-refractivity contribution is 5.96. The summed E-state index contributed by atoms with van der Waals surface area (Å²) in [6.45, 7) is 1.96. The van der Waals surface area contributed by atoms with Crippen LogP contribution in [0.1, 0.15) is 19.8 Å². The monoisotopic (exact) mass is 268 g/mol. The van der Waals surface area contributed by atoms with E-state index in [0.29, 0.717) is 11.7 Å². The van der Waals surface area contributed by atoms with Gasteiger partial charge in [-0.25, -0.2) is 0 Å². The van der Waals surface area contributed by atoms with E-state index in [4.69, 9.17) is 4.74 Å². The van der Waals surface area contributed by atoms with E-state index in [9.17, 15) is 4.79 Å². The van der Waals surface area contributed by atoms with Gasteiger partial charge in [0.1, 0.15) is 11.6 Å². The molecule has 1 saturated carbocycles. The molecule has 0 spiro atoms. The molecule has 1 N–H and O–H groups in total. The summed E-state index contributed by atoms with van der Waals surface area (Å²) in [4.78, 5) is 16.3. The van der Waals surface area contributed by atoms with Crippen molar-refractivity contribution < 1.29 is 9.53 Å². The first kappa shape index (κ1) is 12.7. The van der Waals surface area contributed by atoms with E-state index in [1.54, 1.807) is 12.1 Å². The van der Waals surface area contributed by atoms with Crippen molar-refractivity contribution in [2.24, 2.45) is 5.41 Å². The molecule has 3 rings (SSSR count). The van der Waals surface area contributed by atoms with E-state index in [-0.39, 0.29) is 11.3 Å². The third-order valence-corrected chi connectivity index (χ3v) is 3.48. The Morgan fingerprint density at radius 2 is 1.90 bits per heavy atom. The van der Waals surface area contributed by atoms with Crippen molar-refractivity contribution in [3.05, 3.63) is 48.5 Å². The summed E-state index contributed by atoms with van der Waals surface area (Å²) < 4.78 is 5.64. The lowest BCUT2D eigenvalue weighted by Gasteiger charge is -2.10. The van der Waals surface area contributed by atoms with E-state index in [1.165, 1.54) is 0 Å². The van der Waals surface area contributed by atoms with Crippen LogP contribution in [0, 0.1) is 5.41 Å². The minimum atomic E-state index is -0.210. The van der Waals surface area contributed by atoms with Crippen molar-refractivity contribution >= 4 is 11.7 Å². The van der Waals surface area contributed by atoms with E-state index in [0.717, 1.165) is 18.6 Å². The predicted molar refractivity (Wildman–Crippen MR) is 76.7 cm³/mol. The molecule has 0 bridgehead atoms. The van der Waals surface area contributed by atoms with Crippen molar-refractivity contribution in [3.63, 3.8) is 0 Å². The Balaban J connectivity index is 1.71.